The summed E-state index contributed by atoms with van der Waals surface area (Å²) in [7, 11) is 1.59. The number of hydrogen-bond donors (Lipinski definition) is 2. The number of amides is 1. The molecule has 2 rings (SSSR count). The van der Waals surface area contributed by atoms with Gasteiger partial charge in [0, 0.05) is 19.0 Å². The van der Waals surface area contributed by atoms with Crippen molar-refractivity contribution in [2.75, 3.05) is 6.54 Å². The van der Waals surface area contributed by atoms with E-state index in [1.807, 2.05) is 0 Å². The van der Waals surface area contributed by atoms with Crippen molar-refractivity contribution in [1.82, 2.24) is 9.88 Å². The summed E-state index contributed by atoms with van der Waals surface area (Å²) < 4.78 is 15.1. The number of carboxylic acids is 1. The smallest absolute Gasteiger partial charge is 0.305 e. The van der Waals surface area contributed by atoms with E-state index in [0.717, 1.165) is 0 Å². The Morgan fingerprint density at radius 2 is 2.16 bits per heavy atom. The molecule has 0 radical (unpaired) electrons. The van der Waals surface area contributed by atoms with Gasteiger partial charge in [-0.3, -0.25) is 9.59 Å². The third-order valence-corrected chi connectivity index (χ3v) is 2.86. The van der Waals surface area contributed by atoms with E-state index >= 15 is 0 Å². The van der Waals surface area contributed by atoms with Crippen LogP contribution in [-0.2, 0) is 11.8 Å². The molecule has 1 aromatic carbocycles. The minimum absolute atomic E-state index is 0.0399. The van der Waals surface area contributed by atoms with Gasteiger partial charge in [-0.2, -0.15) is 0 Å². The van der Waals surface area contributed by atoms with E-state index < -0.39 is 17.7 Å². The zero-order valence-corrected chi connectivity index (χ0v) is 10.3. The summed E-state index contributed by atoms with van der Waals surface area (Å²) in [4.78, 5) is 22.2. The number of para-hydroxylation sites is 1. The average molecular weight is 264 g/mol. The first-order valence-corrected chi connectivity index (χ1v) is 5.74. The molecule has 1 amide bonds. The van der Waals surface area contributed by atoms with Crippen LogP contribution >= 0.6 is 0 Å². The molecular weight excluding hydrogens is 251 g/mol. The molecule has 1 heterocycles. The van der Waals surface area contributed by atoms with Crippen LogP contribution in [0.2, 0.25) is 0 Å². The SMILES string of the molecule is Cn1c(C(=O)NCCC(=O)O)cc2cccc(F)c21. The maximum atomic E-state index is 13.7. The summed E-state index contributed by atoms with van der Waals surface area (Å²) in [6, 6.07) is 6.19. The second-order valence-electron chi connectivity index (χ2n) is 4.17. The molecule has 0 atom stereocenters. The Balaban J connectivity index is 2.25. The highest BCUT2D eigenvalue weighted by atomic mass is 19.1. The second kappa shape index (κ2) is 5.09. The number of carbonyl (C=O) groups excluding carboxylic acids is 1. The molecule has 1 aromatic heterocycles. The highest BCUT2D eigenvalue weighted by molar-refractivity contribution is 5.98. The number of halogens is 1. The van der Waals surface area contributed by atoms with Crippen molar-refractivity contribution in [3.63, 3.8) is 0 Å². The Kier molecular flexibility index (Phi) is 3.50. The fraction of sp³-hybridized carbons (Fsp3) is 0.231. The molecule has 19 heavy (non-hydrogen) atoms. The number of aryl methyl sites for hydroxylation is 1. The number of aromatic nitrogens is 1. The van der Waals surface area contributed by atoms with Gasteiger partial charge in [0.05, 0.1) is 11.9 Å². The molecule has 0 unspecified atom stereocenters. The molecule has 0 bridgehead atoms. The highest BCUT2D eigenvalue weighted by Crippen LogP contribution is 2.21. The third kappa shape index (κ3) is 2.57. The predicted octanol–water partition coefficient (Wildman–Crippen LogP) is 1.52. The number of nitrogens with zero attached hydrogens (tertiary/aromatic N) is 1. The van der Waals surface area contributed by atoms with Gasteiger partial charge in [0.15, 0.2) is 0 Å². The number of carbonyl (C=O) groups is 2. The minimum Gasteiger partial charge on any atom is -0.481 e. The maximum absolute atomic E-state index is 13.7. The summed E-state index contributed by atoms with van der Waals surface area (Å²) in [5.41, 5.74) is 0.649. The summed E-state index contributed by atoms with van der Waals surface area (Å²) in [5.74, 6) is -1.80. The monoisotopic (exact) mass is 264 g/mol. The van der Waals surface area contributed by atoms with Crippen molar-refractivity contribution in [1.29, 1.82) is 0 Å². The quantitative estimate of drug-likeness (QED) is 0.879. The van der Waals surface area contributed by atoms with Crippen molar-refractivity contribution in [3.05, 3.63) is 35.8 Å². The number of hydrogen-bond acceptors (Lipinski definition) is 2. The first-order valence-electron chi connectivity index (χ1n) is 5.74. The molecule has 0 saturated heterocycles. The summed E-state index contributed by atoms with van der Waals surface area (Å²) in [6.45, 7) is 0.0399. The zero-order chi connectivity index (χ0) is 14.0. The predicted molar refractivity (Wildman–Crippen MR) is 67.5 cm³/mol. The molecule has 2 aromatic rings. The number of benzene rings is 1. The van der Waals surface area contributed by atoms with E-state index in [-0.39, 0.29) is 13.0 Å². The number of fused-ring (bicyclic) bond motifs is 1. The van der Waals surface area contributed by atoms with Crippen molar-refractivity contribution >= 4 is 22.8 Å². The Morgan fingerprint density at radius 1 is 1.42 bits per heavy atom. The van der Waals surface area contributed by atoms with Gasteiger partial charge in [-0.25, -0.2) is 4.39 Å². The van der Waals surface area contributed by atoms with E-state index in [1.165, 1.54) is 10.6 Å². The van der Waals surface area contributed by atoms with Crippen LogP contribution < -0.4 is 5.32 Å². The van der Waals surface area contributed by atoms with E-state index in [1.54, 1.807) is 25.2 Å². The van der Waals surface area contributed by atoms with Crippen LogP contribution in [0.4, 0.5) is 4.39 Å². The molecule has 0 fully saturated rings. The lowest BCUT2D eigenvalue weighted by Crippen LogP contribution is -2.27. The van der Waals surface area contributed by atoms with E-state index in [9.17, 15) is 14.0 Å². The lowest BCUT2D eigenvalue weighted by molar-refractivity contribution is -0.136. The largest absolute Gasteiger partial charge is 0.481 e. The standard InChI is InChI=1S/C13H13FN2O3/c1-16-10(13(19)15-6-5-11(17)18)7-8-3-2-4-9(14)12(8)16/h2-4,7H,5-6H2,1H3,(H,15,19)(H,17,18). The van der Waals surface area contributed by atoms with E-state index in [2.05, 4.69) is 5.32 Å². The van der Waals surface area contributed by atoms with Gasteiger partial charge in [-0.15, -0.1) is 0 Å². The van der Waals surface area contributed by atoms with Crippen LogP contribution in [0.3, 0.4) is 0 Å². The third-order valence-electron chi connectivity index (χ3n) is 2.86. The van der Waals surface area contributed by atoms with Gasteiger partial charge in [0.1, 0.15) is 11.5 Å². The molecule has 0 aliphatic rings. The summed E-state index contributed by atoms with van der Waals surface area (Å²) in [5, 5.41) is 11.6. The maximum Gasteiger partial charge on any atom is 0.305 e. The zero-order valence-electron chi connectivity index (χ0n) is 10.3. The topological polar surface area (TPSA) is 71.3 Å². The molecular formula is C13H13FN2O3. The normalized spacial score (nSPS) is 10.6. The Morgan fingerprint density at radius 3 is 2.79 bits per heavy atom. The highest BCUT2D eigenvalue weighted by Gasteiger charge is 2.15. The van der Waals surface area contributed by atoms with Crippen LogP contribution in [0.15, 0.2) is 24.3 Å². The van der Waals surface area contributed by atoms with Gasteiger partial charge in [0.2, 0.25) is 0 Å². The molecule has 0 saturated carbocycles. The Bertz CT molecular complexity index is 649. The number of carboxylic acid groups (broad SMARTS) is 1. The number of aliphatic carboxylic acids is 1. The van der Waals surface area contributed by atoms with Crippen molar-refractivity contribution in [2.24, 2.45) is 7.05 Å². The van der Waals surface area contributed by atoms with Crippen LogP contribution in [0.5, 0.6) is 0 Å². The summed E-state index contributed by atoms with van der Waals surface area (Å²) >= 11 is 0. The first kappa shape index (κ1) is 13.1. The molecule has 100 valence electrons. The molecule has 0 aliphatic heterocycles. The van der Waals surface area contributed by atoms with E-state index in [0.29, 0.717) is 16.6 Å². The molecule has 0 spiro atoms. The fourth-order valence-electron chi connectivity index (χ4n) is 1.96. The fourth-order valence-corrected chi connectivity index (χ4v) is 1.96. The van der Waals surface area contributed by atoms with E-state index in [4.69, 9.17) is 5.11 Å². The average Bonchev–Trinajstić information content (AvgIpc) is 2.67. The van der Waals surface area contributed by atoms with Crippen molar-refractivity contribution < 1.29 is 19.1 Å². The second-order valence-corrected chi connectivity index (χ2v) is 4.17. The van der Waals surface area contributed by atoms with Gasteiger partial charge in [-0.1, -0.05) is 12.1 Å². The Hall–Kier alpha value is -2.37. The van der Waals surface area contributed by atoms with Crippen LogP contribution in [0.1, 0.15) is 16.9 Å². The van der Waals surface area contributed by atoms with Crippen LogP contribution in [0.25, 0.3) is 10.9 Å². The molecule has 6 heteroatoms. The summed E-state index contributed by atoms with van der Waals surface area (Å²) in [6.07, 6.45) is -0.149. The lowest BCUT2D eigenvalue weighted by atomic mass is 10.2. The van der Waals surface area contributed by atoms with Gasteiger partial charge in [0.25, 0.3) is 5.91 Å². The number of nitrogens with one attached hydrogen (secondary N) is 1. The molecule has 0 aliphatic carbocycles. The van der Waals surface area contributed by atoms with Gasteiger partial charge in [-0.05, 0) is 12.1 Å². The Labute approximate surface area is 108 Å². The van der Waals surface area contributed by atoms with Crippen LogP contribution in [0, 0.1) is 5.82 Å². The van der Waals surface area contributed by atoms with Crippen molar-refractivity contribution in [3.8, 4) is 0 Å². The minimum atomic E-state index is -0.983. The van der Waals surface area contributed by atoms with Gasteiger partial charge < -0.3 is 15.0 Å². The lowest BCUT2D eigenvalue weighted by Gasteiger charge is -2.05. The van der Waals surface area contributed by atoms with Crippen LogP contribution in [-0.4, -0.2) is 28.1 Å². The van der Waals surface area contributed by atoms with Crippen molar-refractivity contribution in [2.45, 2.75) is 6.42 Å². The molecule has 2 N–H and O–H groups in total. The number of rotatable bonds is 4. The molecule has 5 nitrogen and oxygen atoms in total. The van der Waals surface area contributed by atoms with Gasteiger partial charge >= 0.3 is 5.97 Å². The first-order chi connectivity index (χ1) is 9.00.